The van der Waals surface area contributed by atoms with Crippen LogP contribution in [-0.4, -0.2) is 28.2 Å². The molecular formula is C24H18FN5O3. The van der Waals surface area contributed by atoms with Crippen LogP contribution < -0.4 is 16.3 Å². The molecule has 0 radical (unpaired) electrons. The Morgan fingerprint density at radius 1 is 0.939 bits per heavy atom. The first-order chi connectivity index (χ1) is 16.0. The molecule has 33 heavy (non-hydrogen) atoms. The van der Waals surface area contributed by atoms with E-state index in [0.29, 0.717) is 21.9 Å². The van der Waals surface area contributed by atoms with Crippen LogP contribution in [0.2, 0.25) is 0 Å². The van der Waals surface area contributed by atoms with E-state index in [4.69, 9.17) is 0 Å². The molecule has 2 amide bonds. The summed E-state index contributed by atoms with van der Waals surface area (Å²) in [6.07, 6.45) is 1.34. The van der Waals surface area contributed by atoms with E-state index in [0.717, 1.165) is 0 Å². The molecule has 4 rings (SSSR count). The van der Waals surface area contributed by atoms with E-state index in [9.17, 15) is 18.8 Å². The Bertz CT molecular complexity index is 1380. The summed E-state index contributed by atoms with van der Waals surface area (Å²) in [5, 5.41) is 13.7. The number of hydrogen-bond acceptors (Lipinski definition) is 5. The summed E-state index contributed by atoms with van der Waals surface area (Å²) in [6, 6.07) is 19.3. The summed E-state index contributed by atoms with van der Waals surface area (Å²) in [7, 11) is 0. The van der Waals surface area contributed by atoms with Crippen LogP contribution in [0, 0.1) is 5.82 Å². The van der Waals surface area contributed by atoms with Crippen molar-refractivity contribution in [1.82, 2.24) is 20.9 Å². The van der Waals surface area contributed by atoms with Crippen LogP contribution in [0.3, 0.4) is 0 Å². The summed E-state index contributed by atoms with van der Waals surface area (Å²) in [5.41, 5.74) is 3.02. The van der Waals surface area contributed by atoms with Crippen molar-refractivity contribution >= 4 is 28.8 Å². The van der Waals surface area contributed by atoms with E-state index in [1.807, 2.05) is 0 Å². The molecule has 164 valence electrons. The summed E-state index contributed by atoms with van der Waals surface area (Å²) in [6.45, 7) is 0. The number of hydrazone groups is 1. The number of benzene rings is 3. The van der Waals surface area contributed by atoms with Gasteiger partial charge in [0.1, 0.15) is 11.5 Å². The van der Waals surface area contributed by atoms with Crippen molar-refractivity contribution in [2.24, 2.45) is 5.10 Å². The number of H-pyrrole nitrogens is 1. The van der Waals surface area contributed by atoms with Crippen molar-refractivity contribution in [3.8, 4) is 0 Å². The summed E-state index contributed by atoms with van der Waals surface area (Å²) < 4.78 is 13.1. The molecule has 0 aliphatic carbocycles. The van der Waals surface area contributed by atoms with Gasteiger partial charge in [-0.05, 0) is 35.9 Å². The molecule has 1 atom stereocenters. The largest absolute Gasteiger partial charge is 0.335 e. The number of aromatic nitrogens is 2. The fourth-order valence-electron chi connectivity index (χ4n) is 3.20. The van der Waals surface area contributed by atoms with Crippen LogP contribution in [-0.2, 0) is 4.79 Å². The number of halogens is 1. The minimum absolute atomic E-state index is 0.156. The number of carbonyl (C=O) groups is 2. The number of amides is 2. The van der Waals surface area contributed by atoms with Crippen molar-refractivity contribution in [3.05, 3.63) is 112 Å². The highest BCUT2D eigenvalue weighted by molar-refractivity contribution is 5.99. The number of carbonyl (C=O) groups excluding carboxylic acids is 2. The van der Waals surface area contributed by atoms with Crippen molar-refractivity contribution in [3.63, 3.8) is 0 Å². The topological polar surface area (TPSA) is 116 Å². The van der Waals surface area contributed by atoms with E-state index >= 15 is 0 Å². The lowest BCUT2D eigenvalue weighted by atomic mass is 10.0. The number of nitrogens with zero attached hydrogens (tertiary/aromatic N) is 2. The third-order valence-corrected chi connectivity index (χ3v) is 4.83. The zero-order valence-electron chi connectivity index (χ0n) is 17.2. The maximum absolute atomic E-state index is 13.1. The molecule has 0 saturated carbocycles. The van der Waals surface area contributed by atoms with E-state index < -0.39 is 29.2 Å². The molecule has 0 spiro atoms. The van der Waals surface area contributed by atoms with E-state index in [-0.39, 0.29) is 5.69 Å². The van der Waals surface area contributed by atoms with E-state index in [1.54, 1.807) is 54.6 Å². The predicted octanol–water partition coefficient (Wildman–Crippen LogP) is 2.68. The van der Waals surface area contributed by atoms with Gasteiger partial charge in [0.15, 0.2) is 6.04 Å². The zero-order chi connectivity index (χ0) is 23.2. The molecule has 0 saturated heterocycles. The Kier molecular flexibility index (Phi) is 6.31. The predicted molar refractivity (Wildman–Crippen MR) is 121 cm³/mol. The summed E-state index contributed by atoms with van der Waals surface area (Å²) in [4.78, 5) is 38.0. The number of nitrogens with one attached hydrogen (secondary N) is 3. The Morgan fingerprint density at radius 3 is 2.33 bits per heavy atom. The summed E-state index contributed by atoms with van der Waals surface area (Å²) in [5.74, 6) is -1.58. The molecule has 9 heteroatoms. The lowest BCUT2D eigenvalue weighted by molar-refractivity contribution is -0.123. The number of rotatable bonds is 6. The van der Waals surface area contributed by atoms with Crippen LogP contribution in [0.1, 0.15) is 27.7 Å². The van der Waals surface area contributed by atoms with Gasteiger partial charge in [0.25, 0.3) is 17.4 Å². The molecule has 1 aromatic heterocycles. The molecule has 0 aliphatic heterocycles. The van der Waals surface area contributed by atoms with Gasteiger partial charge < -0.3 is 5.32 Å². The van der Waals surface area contributed by atoms with Gasteiger partial charge in [-0.25, -0.2) is 14.9 Å². The maximum Gasteiger partial charge on any atom is 0.272 e. The second-order valence-electron chi connectivity index (χ2n) is 7.04. The third kappa shape index (κ3) is 4.99. The average Bonchev–Trinajstić information content (AvgIpc) is 2.85. The molecule has 3 N–H and O–H groups in total. The van der Waals surface area contributed by atoms with Gasteiger partial charge in [0.2, 0.25) is 0 Å². The van der Waals surface area contributed by atoms with E-state index in [2.05, 4.69) is 26.0 Å². The van der Waals surface area contributed by atoms with Crippen LogP contribution >= 0.6 is 0 Å². The van der Waals surface area contributed by atoms with Crippen molar-refractivity contribution in [2.75, 3.05) is 0 Å². The van der Waals surface area contributed by atoms with Crippen molar-refractivity contribution in [1.29, 1.82) is 0 Å². The molecule has 1 heterocycles. The highest BCUT2D eigenvalue weighted by Gasteiger charge is 2.27. The first-order valence-electron chi connectivity index (χ1n) is 9.94. The van der Waals surface area contributed by atoms with Gasteiger partial charge >= 0.3 is 0 Å². The van der Waals surface area contributed by atoms with Gasteiger partial charge in [0, 0.05) is 10.9 Å². The Hall–Kier alpha value is -4.66. The second kappa shape index (κ2) is 9.65. The molecule has 0 bridgehead atoms. The third-order valence-electron chi connectivity index (χ3n) is 4.83. The molecule has 3 aromatic carbocycles. The lowest BCUT2D eigenvalue weighted by Gasteiger charge is -2.18. The average molecular weight is 443 g/mol. The Morgan fingerprint density at radius 2 is 1.61 bits per heavy atom. The summed E-state index contributed by atoms with van der Waals surface area (Å²) >= 11 is 0. The fraction of sp³-hybridized carbons (Fsp3) is 0.0417. The molecule has 0 fully saturated rings. The fourth-order valence-corrected chi connectivity index (χ4v) is 3.20. The highest BCUT2D eigenvalue weighted by Crippen LogP contribution is 2.20. The van der Waals surface area contributed by atoms with Gasteiger partial charge in [-0.3, -0.25) is 14.4 Å². The second-order valence-corrected chi connectivity index (χ2v) is 7.04. The Balaban J connectivity index is 1.66. The Labute approximate surface area is 187 Å². The standard InChI is InChI=1S/C24H18FN5O3/c25-17-12-10-15(11-13-17)14-26-29-24(33)21(27-22(31)16-6-2-1-3-7-16)20-18-8-4-5-9-19(18)23(32)30-28-20/h1-14,21H,(H,27,31)(H,29,33)(H,30,32)/b26-14+/t21-/m0/s1. The van der Waals surface area contributed by atoms with Crippen molar-refractivity contribution < 1.29 is 14.0 Å². The highest BCUT2D eigenvalue weighted by atomic mass is 19.1. The quantitative estimate of drug-likeness (QED) is 0.314. The van der Waals surface area contributed by atoms with Crippen LogP contribution in [0.15, 0.2) is 88.8 Å². The minimum atomic E-state index is -1.26. The van der Waals surface area contributed by atoms with Gasteiger partial charge in [-0.1, -0.05) is 48.5 Å². The van der Waals surface area contributed by atoms with E-state index in [1.165, 1.54) is 30.5 Å². The van der Waals surface area contributed by atoms with Crippen LogP contribution in [0.25, 0.3) is 10.8 Å². The number of hydrogen-bond donors (Lipinski definition) is 3. The normalized spacial score (nSPS) is 11.9. The molecule has 8 nitrogen and oxygen atoms in total. The SMILES string of the molecule is O=C(N[C@H](C(=O)N/N=C/c1ccc(F)cc1)c1n[nH]c(=O)c2ccccc12)c1ccccc1. The number of aromatic amines is 1. The zero-order valence-corrected chi connectivity index (χ0v) is 17.2. The van der Waals surface area contributed by atoms with Gasteiger partial charge in [-0.15, -0.1) is 0 Å². The lowest BCUT2D eigenvalue weighted by Crippen LogP contribution is -2.40. The maximum atomic E-state index is 13.1. The van der Waals surface area contributed by atoms with Gasteiger partial charge in [-0.2, -0.15) is 10.2 Å². The smallest absolute Gasteiger partial charge is 0.272 e. The monoisotopic (exact) mass is 443 g/mol. The van der Waals surface area contributed by atoms with Crippen molar-refractivity contribution in [2.45, 2.75) is 6.04 Å². The molecule has 4 aromatic rings. The van der Waals surface area contributed by atoms with Crippen LogP contribution in [0.4, 0.5) is 4.39 Å². The minimum Gasteiger partial charge on any atom is -0.335 e. The molecule has 0 unspecified atom stereocenters. The van der Waals surface area contributed by atoms with Gasteiger partial charge in [0.05, 0.1) is 11.6 Å². The molecule has 0 aliphatic rings. The first-order valence-corrected chi connectivity index (χ1v) is 9.94. The molecular weight excluding hydrogens is 425 g/mol. The van der Waals surface area contributed by atoms with Crippen LogP contribution in [0.5, 0.6) is 0 Å². The number of fused-ring (bicyclic) bond motifs is 1. The first kappa shape index (κ1) is 21.6.